The number of imidazole rings is 1. The number of aromatic nitrogens is 3. The number of nitrogen functional groups attached to an aromatic ring is 1. The standard InChI is InChI=1S/C13H11IN4/c1-7-3-2-4-8(11(7)14)12-16-9-5-6-10(15)17-13(9)18-12/h2-6H,1H3,(H3,15,16,17,18). The fourth-order valence-corrected chi connectivity index (χ4v) is 2.48. The summed E-state index contributed by atoms with van der Waals surface area (Å²) >= 11 is 2.33. The minimum absolute atomic E-state index is 0.486. The van der Waals surface area contributed by atoms with Gasteiger partial charge in [-0.2, -0.15) is 0 Å². The molecular weight excluding hydrogens is 339 g/mol. The van der Waals surface area contributed by atoms with Gasteiger partial charge in [0.2, 0.25) is 0 Å². The van der Waals surface area contributed by atoms with Gasteiger partial charge in [0, 0.05) is 9.13 Å². The highest BCUT2D eigenvalue weighted by Gasteiger charge is 2.10. The Labute approximate surface area is 118 Å². The normalized spacial score (nSPS) is 11.0. The molecule has 0 radical (unpaired) electrons. The molecule has 0 aliphatic heterocycles. The Kier molecular flexibility index (Phi) is 2.70. The number of anilines is 1. The molecule has 0 aliphatic rings. The number of nitrogens with one attached hydrogen (secondary N) is 1. The zero-order valence-electron chi connectivity index (χ0n) is 9.74. The van der Waals surface area contributed by atoms with Crippen molar-refractivity contribution in [3.8, 4) is 11.4 Å². The molecule has 3 N–H and O–H groups in total. The molecule has 0 aliphatic carbocycles. The third-order valence-electron chi connectivity index (χ3n) is 2.81. The van der Waals surface area contributed by atoms with E-state index in [1.807, 2.05) is 12.1 Å². The molecule has 3 rings (SSSR count). The van der Waals surface area contributed by atoms with Crippen LogP contribution >= 0.6 is 22.6 Å². The number of nitrogens with two attached hydrogens (primary N) is 1. The van der Waals surface area contributed by atoms with E-state index < -0.39 is 0 Å². The van der Waals surface area contributed by atoms with Gasteiger partial charge in [-0.05, 0) is 47.2 Å². The van der Waals surface area contributed by atoms with E-state index in [2.05, 4.69) is 56.6 Å². The molecule has 0 saturated heterocycles. The van der Waals surface area contributed by atoms with Gasteiger partial charge in [0.25, 0.3) is 0 Å². The maximum absolute atomic E-state index is 5.66. The molecule has 2 heterocycles. The molecule has 18 heavy (non-hydrogen) atoms. The van der Waals surface area contributed by atoms with Crippen LogP contribution in [0, 0.1) is 10.5 Å². The number of rotatable bonds is 1. The monoisotopic (exact) mass is 350 g/mol. The molecule has 0 saturated carbocycles. The van der Waals surface area contributed by atoms with Gasteiger partial charge < -0.3 is 10.7 Å². The SMILES string of the molecule is Cc1cccc(-c2nc3nc(N)ccc3[nH]2)c1I. The first-order chi connectivity index (χ1) is 8.65. The summed E-state index contributed by atoms with van der Waals surface area (Å²) < 4.78 is 1.20. The average Bonchev–Trinajstić information content (AvgIpc) is 2.75. The minimum atomic E-state index is 0.486. The number of pyridine rings is 1. The Hall–Kier alpha value is -1.63. The van der Waals surface area contributed by atoms with Crippen molar-refractivity contribution in [1.29, 1.82) is 0 Å². The Morgan fingerprint density at radius 3 is 2.83 bits per heavy atom. The van der Waals surface area contributed by atoms with E-state index in [1.165, 1.54) is 9.13 Å². The molecule has 0 fully saturated rings. The Morgan fingerprint density at radius 2 is 2.00 bits per heavy atom. The maximum atomic E-state index is 5.66. The molecule has 90 valence electrons. The van der Waals surface area contributed by atoms with E-state index in [9.17, 15) is 0 Å². The highest BCUT2D eigenvalue weighted by atomic mass is 127. The van der Waals surface area contributed by atoms with Gasteiger partial charge in [-0.25, -0.2) is 9.97 Å². The van der Waals surface area contributed by atoms with Crippen LogP contribution in [0.1, 0.15) is 5.56 Å². The maximum Gasteiger partial charge on any atom is 0.180 e. The van der Waals surface area contributed by atoms with Crippen LogP contribution in [0.5, 0.6) is 0 Å². The van der Waals surface area contributed by atoms with E-state index in [0.717, 1.165) is 16.9 Å². The second-order valence-corrected chi connectivity index (χ2v) is 5.21. The van der Waals surface area contributed by atoms with E-state index in [-0.39, 0.29) is 0 Å². The van der Waals surface area contributed by atoms with Crippen molar-refractivity contribution >= 4 is 39.6 Å². The quantitative estimate of drug-likeness (QED) is 0.663. The first-order valence-corrected chi connectivity index (χ1v) is 6.61. The largest absolute Gasteiger partial charge is 0.384 e. The topological polar surface area (TPSA) is 67.6 Å². The molecule has 4 nitrogen and oxygen atoms in total. The van der Waals surface area contributed by atoms with Crippen molar-refractivity contribution < 1.29 is 0 Å². The van der Waals surface area contributed by atoms with Crippen LogP contribution in [0.25, 0.3) is 22.6 Å². The summed E-state index contributed by atoms with van der Waals surface area (Å²) in [6.45, 7) is 2.09. The molecule has 0 amide bonds. The summed E-state index contributed by atoms with van der Waals surface area (Å²) in [5.74, 6) is 1.32. The van der Waals surface area contributed by atoms with E-state index in [0.29, 0.717) is 11.5 Å². The predicted molar refractivity (Wildman–Crippen MR) is 81.2 cm³/mol. The fraction of sp³-hybridized carbons (Fsp3) is 0.0769. The number of H-pyrrole nitrogens is 1. The van der Waals surface area contributed by atoms with Crippen LogP contribution in [0.3, 0.4) is 0 Å². The summed E-state index contributed by atoms with van der Waals surface area (Å²) in [4.78, 5) is 12.0. The third-order valence-corrected chi connectivity index (χ3v) is 4.25. The van der Waals surface area contributed by atoms with Gasteiger partial charge in [-0.1, -0.05) is 18.2 Å². The number of nitrogens with zero attached hydrogens (tertiary/aromatic N) is 2. The Morgan fingerprint density at radius 1 is 1.17 bits per heavy atom. The second kappa shape index (κ2) is 4.24. The zero-order chi connectivity index (χ0) is 12.7. The molecule has 0 bridgehead atoms. The Balaban J connectivity index is 2.22. The zero-order valence-corrected chi connectivity index (χ0v) is 11.9. The minimum Gasteiger partial charge on any atom is -0.384 e. The lowest BCUT2D eigenvalue weighted by Crippen LogP contribution is -1.89. The number of aromatic amines is 1. The summed E-state index contributed by atoms with van der Waals surface area (Å²) in [5.41, 5.74) is 9.54. The molecule has 3 aromatic rings. The number of hydrogen-bond donors (Lipinski definition) is 2. The van der Waals surface area contributed by atoms with Crippen molar-refractivity contribution in [3.63, 3.8) is 0 Å². The summed E-state index contributed by atoms with van der Waals surface area (Å²) in [6.07, 6.45) is 0. The Bertz CT molecular complexity index is 733. The predicted octanol–water partition coefficient (Wildman–Crippen LogP) is 3.12. The van der Waals surface area contributed by atoms with Gasteiger partial charge in [-0.3, -0.25) is 0 Å². The number of benzene rings is 1. The van der Waals surface area contributed by atoms with Crippen LogP contribution < -0.4 is 5.73 Å². The number of hydrogen-bond acceptors (Lipinski definition) is 3. The van der Waals surface area contributed by atoms with E-state index >= 15 is 0 Å². The fourth-order valence-electron chi connectivity index (χ4n) is 1.87. The van der Waals surface area contributed by atoms with Crippen molar-refractivity contribution in [1.82, 2.24) is 15.0 Å². The molecule has 0 atom stereocenters. The number of fused-ring (bicyclic) bond motifs is 1. The van der Waals surface area contributed by atoms with E-state index in [1.54, 1.807) is 6.07 Å². The molecular formula is C13H11IN4. The van der Waals surface area contributed by atoms with Gasteiger partial charge >= 0.3 is 0 Å². The van der Waals surface area contributed by atoms with Crippen molar-refractivity contribution in [2.75, 3.05) is 5.73 Å². The lowest BCUT2D eigenvalue weighted by molar-refractivity contribution is 1.29. The highest BCUT2D eigenvalue weighted by molar-refractivity contribution is 14.1. The summed E-state index contributed by atoms with van der Waals surface area (Å²) in [6, 6.07) is 9.84. The lowest BCUT2D eigenvalue weighted by Gasteiger charge is -2.03. The van der Waals surface area contributed by atoms with Gasteiger partial charge in [0.15, 0.2) is 5.65 Å². The van der Waals surface area contributed by atoms with Crippen molar-refractivity contribution in [2.45, 2.75) is 6.92 Å². The highest BCUT2D eigenvalue weighted by Crippen LogP contribution is 2.26. The third kappa shape index (κ3) is 1.84. The average molecular weight is 350 g/mol. The van der Waals surface area contributed by atoms with E-state index in [4.69, 9.17) is 5.73 Å². The summed E-state index contributed by atoms with van der Waals surface area (Å²) in [7, 11) is 0. The molecule has 0 unspecified atom stereocenters. The van der Waals surface area contributed by atoms with Crippen LogP contribution in [0.2, 0.25) is 0 Å². The molecule has 2 aromatic heterocycles. The lowest BCUT2D eigenvalue weighted by atomic mass is 10.1. The molecule has 5 heteroatoms. The number of halogens is 1. The van der Waals surface area contributed by atoms with Crippen LogP contribution in [-0.4, -0.2) is 15.0 Å². The summed E-state index contributed by atoms with van der Waals surface area (Å²) in [5, 5.41) is 0. The molecule has 0 spiro atoms. The number of aryl methyl sites for hydroxylation is 1. The first kappa shape index (κ1) is 11.5. The van der Waals surface area contributed by atoms with Gasteiger partial charge in [0.05, 0.1) is 5.52 Å². The van der Waals surface area contributed by atoms with Crippen LogP contribution in [-0.2, 0) is 0 Å². The van der Waals surface area contributed by atoms with Crippen LogP contribution in [0.4, 0.5) is 5.82 Å². The van der Waals surface area contributed by atoms with Crippen LogP contribution in [0.15, 0.2) is 30.3 Å². The molecule has 1 aromatic carbocycles. The van der Waals surface area contributed by atoms with Crippen molar-refractivity contribution in [3.05, 3.63) is 39.5 Å². The van der Waals surface area contributed by atoms with Gasteiger partial charge in [-0.15, -0.1) is 0 Å². The van der Waals surface area contributed by atoms with Gasteiger partial charge in [0.1, 0.15) is 11.6 Å². The first-order valence-electron chi connectivity index (χ1n) is 5.53. The second-order valence-electron chi connectivity index (χ2n) is 4.13. The smallest absolute Gasteiger partial charge is 0.180 e. The van der Waals surface area contributed by atoms with Crippen molar-refractivity contribution in [2.24, 2.45) is 0 Å².